The molecule has 0 saturated carbocycles. The van der Waals surface area contributed by atoms with Gasteiger partial charge in [0.15, 0.2) is 0 Å². The van der Waals surface area contributed by atoms with Crippen LogP contribution in [0.1, 0.15) is 24.8 Å². The number of carboxylic acid groups (broad SMARTS) is 1. The molecule has 0 aliphatic heterocycles. The second-order valence-electron chi connectivity index (χ2n) is 4.25. The van der Waals surface area contributed by atoms with Gasteiger partial charge < -0.3 is 16.3 Å². The molecule has 0 fully saturated rings. The summed E-state index contributed by atoms with van der Waals surface area (Å²) in [5.41, 5.74) is 7.04. The molecule has 0 bridgehead atoms. The van der Waals surface area contributed by atoms with Crippen LogP contribution in [0.25, 0.3) is 0 Å². The summed E-state index contributed by atoms with van der Waals surface area (Å²) in [6.45, 7) is 2.02. The summed E-state index contributed by atoms with van der Waals surface area (Å²) in [4.78, 5) is 35.9. The van der Waals surface area contributed by atoms with Crippen molar-refractivity contribution in [2.45, 2.75) is 32.2 Å². The average Bonchev–Trinajstić information content (AvgIpc) is 2.34. The Morgan fingerprint density at radius 2 is 2.21 bits per heavy atom. The lowest BCUT2D eigenvalue weighted by Gasteiger charge is -2.17. The Kier molecular flexibility index (Phi) is 5.31. The highest BCUT2D eigenvalue weighted by atomic mass is 16.4. The first-order valence-electron chi connectivity index (χ1n) is 5.97. The van der Waals surface area contributed by atoms with Gasteiger partial charge in [0.2, 0.25) is 0 Å². The van der Waals surface area contributed by atoms with Crippen molar-refractivity contribution >= 4 is 5.97 Å². The van der Waals surface area contributed by atoms with E-state index in [0.29, 0.717) is 31.4 Å². The number of H-pyrrole nitrogens is 1. The van der Waals surface area contributed by atoms with Gasteiger partial charge in [-0.15, -0.1) is 0 Å². The molecule has 0 radical (unpaired) electrons. The number of aromatic nitrogens is 2. The molecule has 1 rings (SSSR count). The summed E-state index contributed by atoms with van der Waals surface area (Å²) >= 11 is 0. The third-order valence-corrected chi connectivity index (χ3v) is 2.66. The molecule has 1 atom stereocenters. The molecule has 1 aromatic heterocycles. The Bertz CT molecular complexity index is 548. The van der Waals surface area contributed by atoms with E-state index in [9.17, 15) is 14.4 Å². The molecular weight excluding hydrogens is 252 g/mol. The maximum absolute atomic E-state index is 11.5. The zero-order valence-electron chi connectivity index (χ0n) is 10.7. The first-order valence-corrected chi connectivity index (χ1v) is 5.97. The number of unbranched alkanes of at least 4 members (excludes halogenated alkanes) is 1. The highest BCUT2D eigenvalue weighted by Crippen LogP contribution is 2.01. The molecule has 0 aliphatic carbocycles. The molecule has 0 aromatic carbocycles. The Morgan fingerprint density at radius 1 is 1.53 bits per heavy atom. The van der Waals surface area contributed by atoms with E-state index >= 15 is 0 Å². The summed E-state index contributed by atoms with van der Waals surface area (Å²) in [6.07, 6.45) is 2.97. The summed E-state index contributed by atoms with van der Waals surface area (Å²) in [6, 6.07) is -0.908. The molecule has 8 nitrogen and oxygen atoms in total. The topological polar surface area (TPSA) is 130 Å². The lowest BCUT2D eigenvalue weighted by Crippen LogP contribution is -2.43. The minimum atomic E-state index is -1.06. The Hall–Kier alpha value is -2.09. The molecule has 1 heterocycles. The van der Waals surface area contributed by atoms with Crippen molar-refractivity contribution in [3.05, 3.63) is 32.6 Å². The van der Waals surface area contributed by atoms with Gasteiger partial charge in [-0.1, -0.05) is 0 Å². The second-order valence-corrected chi connectivity index (χ2v) is 4.25. The molecule has 0 aliphatic rings. The van der Waals surface area contributed by atoms with Crippen LogP contribution in [0.4, 0.5) is 0 Å². The van der Waals surface area contributed by atoms with Crippen LogP contribution in [0.2, 0.25) is 0 Å². The highest BCUT2D eigenvalue weighted by molar-refractivity contribution is 5.74. The first kappa shape index (κ1) is 15.0. The number of hydrogen-bond donors (Lipinski definition) is 4. The van der Waals surface area contributed by atoms with E-state index < -0.39 is 23.3 Å². The van der Waals surface area contributed by atoms with Gasteiger partial charge >= 0.3 is 11.7 Å². The fraction of sp³-hybridized carbons (Fsp3) is 0.545. The predicted octanol–water partition coefficient (Wildman–Crippen LogP) is -1.03. The van der Waals surface area contributed by atoms with Gasteiger partial charge in [-0.05, 0) is 32.7 Å². The van der Waals surface area contributed by atoms with E-state index in [4.69, 9.17) is 10.8 Å². The van der Waals surface area contributed by atoms with Crippen molar-refractivity contribution in [2.24, 2.45) is 5.73 Å². The third kappa shape index (κ3) is 4.25. The maximum atomic E-state index is 11.5. The van der Waals surface area contributed by atoms with E-state index in [2.05, 4.69) is 10.4 Å². The SMILES string of the molecule is Cc1cn(N[C@@H](CCCCN)C(=O)O)c(=O)[nH]c1=O. The summed E-state index contributed by atoms with van der Waals surface area (Å²) < 4.78 is 0.984. The number of aliphatic carboxylic acids is 1. The van der Waals surface area contributed by atoms with E-state index in [1.807, 2.05) is 0 Å². The van der Waals surface area contributed by atoms with E-state index in [1.54, 1.807) is 0 Å². The molecule has 0 saturated heterocycles. The minimum Gasteiger partial charge on any atom is -0.480 e. The quantitative estimate of drug-likeness (QED) is 0.469. The van der Waals surface area contributed by atoms with Crippen LogP contribution >= 0.6 is 0 Å². The van der Waals surface area contributed by atoms with Crippen molar-refractivity contribution in [3.8, 4) is 0 Å². The number of aryl methyl sites for hydroxylation is 1. The van der Waals surface area contributed by atoms with Gasteiger partial charge in [0.1, 0.15) is 6.04 Å². The molecule has 0 unspecified atom stereocenters. The normalized spacial score (nSPS) is 12.1. The van der Waals surface area contributed by atoms with E-state index in [-0.39, 0.29) is 0 Å². The highest BCUT2D eigenvalue weighted by Gasteiger charge is 2.17. The van der Waals surface area contributed by atoms with Gasteiger partial charge in [-0.25, -0.2) is 14.3 Å². The zero-order chi connectivity index (χ0) is 14.4. The van der Waals surface area contributed by atoms with Crippen LogP contribution in [0, 0.1) is 6.92 Å². The number of nitrogens with one attached hydrogen (secondary N) is 2. The van der Waals surface area contributed by atoms with Gasteiger partial charge in [0, 0.05) is 11.8 Å². The minimum absolute atomic E-state index is 0.318. The second kappa shape index (κ2) is 6.74. The lowest BCUT2D eigenvalue weighted by molar-refractivity contribution is -0.138. The zero-order valence-corrected chi connectivity index (χ0v) is 10.7. The van der Waals surface area contributed by atoms with Crippen LogP contribution in [0.3, 0.4) is 0 Å². The smallest absolute Gasteiger partial charge is 0.346 e. The van der Waals surface area contributed by atoms with Gasteiger partial charge in [-0.2, -0.15) is 0 Å². The maximum Gasteiger partial charge on any atom is 0.346 e. The van der Waals surface area contributed by atoms with Gasteiger partial charge in [0.25, 0.3) is 5.56 Å². The lowest BCUT2D eigenvalue weighted by atomic mass is 10.1. The number of aromatic amines is 1. The van der Waals surface area contributed by atoms with Crippen LogP contribution in [0.15, 0.2) is 15.8 Å². The largest absolute Gasteiger partial charge is 0.480 e. The molecular formula is C11H18N4O4. The molecule has 19 heavy (non-hydrogen) atoms. The van der Waals surface area contributed by atoms with Gasteiger partial charge in [0.05, 0.1) is 0 Å². The van der Waals surface area contributed by atoms with Crippen molar-refractivity contribution in [2.75, 3.05) is 12.0 Å². The Balaban J connectivity index is 2.85. The molecule has 0 amide bonds. The molecule has 0 spiro atoms. The number of rotatable bonds is 7. The fourth-order valence-electron chi connectivity index (χ4n) is 1.57. The first-order chi connectivity index (χ1) is 8.95. The fourth-order valence-corrected chi connectivity index (χ4v) is 1.57. The van der Waals surface area contributed by atoms with Crippen molar-refractivity contribution in [3.63, 3.8) is 0 Å². The third-order valence-electron chi connectivity index (χ3n) is 2.66. The van der Waals surface area contributed by atoms with Crippen LogP contribution in [-0.4, -0.2) is 33.3 Å². The van der Waals surface area contributed by atoms with E-state index in [1.165, 1.54) is 13.1 Å². The van der Waals surface area contributed by atoms with Crippen LogP contribution < -0.4 is 22.4 Å². The number of carbonyl (C=O) groups is 1. The summed E-state index contributed by atoms with van der Waals surface area (Å²) in [7, 11) is 0. The van der Waals surface area contributed by atoms with E-state index in [0.717, 1.165) is 4.68 Å². The number of hydrogen-bond acceptors (Lipinski definition) is 5. The molecule has 1 aromatic rings. The Morgan fingerprint density at radius 3 is 2.79 bits per heavy atom. The van der Waals surface area contributed by atoms with Crippen molar-refractivity contribution < 1.29 is 9.90 Å². The van der Waals surface area contributed by atoms with Crippen LogP contribution in [0.5, 0.6) is 0 Å². The molecule has 5 N–H and O–H groups in total. The molecule has 106 valence electrons. The van der Waals surface area contributed by atoms with Gasteiger partial charge in [-0.3, -0.25) is 9.78 Å². The average molecular weight is 270 g/mol. The number of nitrogens with zero attached hydrogens (tertiary/aromatic N) is 1. The Labute approximate surface area is 109 Å². The van der Waals surface area contributed by atoms with Crippen molar-refractivity contribution in [1.82, 2.24) is 9.66 Å². The monoisotopic (exact) mass is 270 g/mol. The summed E-state index contributed by atoms with van der Waals surface area (Å²) in [5.74, 6) is -1.06. The van der Waals surface area contributed by atoms with Crippen LogP contribution in [-0.2, 0) is 4.79 Å². The predicted molar refractivity (Wildman–Crippen MR) is 69.7 cm³/mol. The number of nitrogens with two attached hydrogens (primary N) is 1. The summed E-state index contributed by atoms with van der Waals surface area (Å²) in [5, 5.41) is 9.07. The van der Waals surface area contributed by atoms with Crippen molar-refractivity contribution in [1.29, 1.82) is 0 Å². The standard InChI is InChI=1S/C11H18N4O4/c1-7-6-15(11(19)13-9(7)16)14-8(10(17)18)4-2-3-5-12/h6,8,14H,2-5,12H2,1H3,(H,17,18)(H,13,16,19)/t8-/m0/s1. The molecule has 8 heteroatoms. The number of carboxylic acids is 1.